The third-order valence-corrected chi connectivity index (χ3v) is 11.7. The molecule has 5 aliphatic rings. The third-order valence-electron chi connectivity index (χ3n) is 9.73. The van der Waals surface area contributed by atoms with E-state index in [2.05, 4.69) is 22.5 Å². The van der Waals surface area contributed by atoms with Crippen molar-refractivity contribution < 1.29 is 30.8 Å². The Labute approximate surface area is 242 Å². The van der Waals surface area contributed by atoms with Gasteiger partial charge in [-0.05, 0) is 86.4 Å². The monoisotopic (exact) mass is 606 g/mol. The molecule has 2 aromatic carbocycles. The average Bonchev–Trinajstić information content (AvgIpc) is 3.27. The van der Waals surface area contributed by atoms with Crippen LogP contribution in [0, 0.1) is 16.6 Å². The zero-order valence-electron chi connectivity index (χ0n) is 23.5. The molecular weight excluding hydrogens is 572 g/mol. The van der Waals surface area contributed by atoms with Crippen molar-refractivity contribution in [2.45, 2.75) is 81.1 Å². The van der Waals surface area contributed by atoms with Gasteiger partial charge in [-0.15, -0.1) is 0 Å². The molecule has 4 fully saturated rings. The lowest BCUT2D eigenvalue weighted by molar-refractivity contribution is -0.151. The van der Waals surface area contributed by atoms with Gasteiger partial charge in [0.05, 0.1) is 17.0 Å². The minimum absolute atomic E-state index is 0.0877. The summed E-state index contributed by atoms with van der Waals surface area (Å²) in [5, 5.41) is 6.42. The number of hydrogen-bond acceptors (Lipinski definition) is 5. The number of alkyl halides is 3. The fourth-order valence-corrected chi connectivity index (χ4v) is 8.67. The summed E-state index contributed by atoms with van der Waals surface area (Å²) in [6.07, 6.45) is 0.233. The van der Waals surface area contributed by atoms with Gasteiger partial charge >= 0.3 is 6.18 Å². The molecule has 42 heavy (non-hydrogen) atoms. The van der Waals surface area contributed by atoms with Crippen LogP contribution in [0.5, 0.6) is 0 Å². The topological polar surface area (TPSA) is 90.9 Å². The fourth-order valence-electron chi connectivity index (χ4n) is 6.91. The van der Waals surface area contributed by atoms with Crippen LogP contribution in [-0.4, -0.2) is 48.6 Å². The highest BCUT2D eigenvalue weighted by Gasteiger charge is 2.75. The lowest BCUT2D eigenvalue weighted by Crippen LogP contribution is -2.79. The molecule has 2 aromatic rings. The number of benzene rings is 2. The van der Waals surface area contributed by atoms with E-state index in [1.165, 1.54) is 35.0 Å². The van der Waals surface area contributed by atoms with Gasteiger partial charge in [-0.3, -0.25) is 9.79 Å². The molecule has 7 nitrogen and oxygen atoms in total. The van der Waals surface area contributed by atoms with Gasteiger partial charge in [0.2, 0.25) is 15.9 Å². The Morgan fingerprint density at radius 2 is 1.64 bits per heavy atom. The summed E-state index contributed by atoms with van der Waals surface area (Å²) in [5.74, 6) is 0.0101. The van der Waals surface area contributed by atoms with Gasteiger partial charge in [0.25, 0.3) is 0 Å². The van der Waals surface area contributed by atoms with Crippen molar-refractivity contribution >= 4 is 21.8 Å². The Morgan fingerprint density at radius 1 is 1.02 bits per heavy atom. The van der Waals surface area contributed by atoms with Gasteiger partial charge < -0.3 is 10.6 Å². The molecule has 1 heterocycles. The van der Waals surface area contributed by atoms with Crippen molar-refractivity contribution in [1.82, 2.24) is 14.9 Å². The van der Waals surface area contributed by atoms with Crippen molar-refractivity contribution in [3.63, 3.8) is 0 Å². The lowest BCUT2D eigenvalue weighted by Gasteiger charge is -2.73. The molecule has 0 radical (unpaired) electrons. The number of carbonyl (C=O) groups excluding carboxylic acids is 1. The summed E-state index contributed by atoms with van der Waals surface area (Å²) < 4.78 is 82.0. The molecule has 1 amide bonds. The molecule has 2 bridgehead atoms. The van der Waals surface area contributed by atoms with Crippen molar-refractivity contribution in [3.05, 3.63) is 65.5 Å². The third kappa shape index (κ3) is 4.80. The van der Waals surface area contributed by atoms with Gasteiger partial charge in [0.15, 0.2) is 0 Å². The second kappa shape index (κ2) is 9.51. The van der Waals surface area contributed by atoms with E-state index in [1.807, 2.05) is 6.92 Å². The van der Waals surface area contributed by atoms with Crippen molar-refractivity contribution in [2.75, 3.05) is 13.1 Å². The SMILES string of the molecule is CC1(CNC(=O)[C@@]2(C)CN=C(C34CC(N(Cc5ccc(C(F)(F)F)cc5)S(=O)(=O)c5ccc(F)cc5)(C3)C4)N2)CCC1. The Kier molecular flexibility index (Phi) is 6.59. The quantitative estimate of drug-likeness (QED) is 0.392. The molecule has 4 aliphatic carbocycles. The number of sulfonamides is 1. The molecule has 7 rings (SSSR count). The molecule has 0 saturated heterocycles. The second-order valence-electron chi connectivity index (χ2n) is 13.2. The first-order valence-corrected chi connectivity index (χ1v) is 15.6. The van der Waals surface area contributed by atoms with Gasteiger partial charge in [-0.1, -0.05) is 25.5 Å². The molecule has 2 N–H and O–H groups in total. The van der Waals surface area contributed by atoms with E-state index >= 15 is 0 Å². The van der Waals surface area contributed by atoms with E-state index in [4.69, 9.17) is 0 Å². The first-order chi connectivity index (χ1) is 19.6. The Hall–Kier alpha value is -2.99. The molecule has 0 spiro atoms. The maximum absolute atomic E-state index is 13.9. The number of carbonyl (C=O) groups is 1. The zero-order valence-corrected chi connectivity index (χ0v) is 24.3. The first-order valence-electron chi connectivity index (χ1n) is 14.1. The fraction of sp³-hybridized carbons (Fsp3) is 0.533. The highest BCUT2D eigenvalue weighted by molar-refractivity contribution is 7.89. The summed E-state index contributed by atoms with van der Waals surface area (Å²) in [4.78, 5) is 17.7. The van der Waals surface area contributed by atoms with Gasteiger partial charge in [0.1, 0.15) is 17.2 Å². The molecule has 226 valence electrons. The highest BCUT2D eigenvalue weighted by atomic mass is 32.2. The number of aliphatic imine (C=N–C) groups is 1. The van der Waals surface area contributed by atoms with E-state index in [0.717, 1.165) is 37.1 Å². The smallest absolute Gasteiger partial charge is 0.358 e. The number of nitrogens with one attached hydrogen (secondary N) is 2. The maximum Gasteiger partial charge on any atom is 0.416 e. The summed E-state index contributed by atoms with van der Waals surface area (Å²) in [6, 6.07) is 8.99. The van der Waals surface area contributed by atoms with Crippen LogP contribution in [0.25, 0.3) is 0 Å². The van der Waals surface area contributed by atoms with Crippen LogP contribution in [0.3, 0.4) is 0 Å². The second-order valence-corrected chi connectivity index (χ2v) is 15.0. The Morgan fingerprint density at radius 3 is 2.19 bits per heavy atom. The van der Waals surface area contributed by atoms with E-state index in [-0.39, 0.29) is 29.3 Å². The van der Waals surface area contributed by atoms with Crippen molar-refractivity contribution in [1.29, 1.82) is 0 Å². The van der Waals surface area contributed by atoms with Crippen LogP contribution >= 0.6 is 0 Å². The lowest BCUT2D eigenvalue weighted by atomic mass is 9.38. The van der Waals surface area contributed by atoms with E-state index in [9.17, 15) is 30.8 Å². The molecule has 0 aromatic heterocycles. The molecule has 12 heteroatoms. The number of amidine groups is 1. The molecule has 4 saturated carbocycles. The molecule has 0 unspecified atom stereocenters. The maximum atomic E-state index is 13.9. The number of rotatable bonds is 9. The highest BCUT2D eigenvalue weighted by Crippen LogP contribution is 2.71. The largest absolute Gasteiger partial charge is 0.416 e. The zero-order chi connectivity index (χ0) is 30.2. The summed E-state index contributed by atoms with van der Waals surface area (Å²) in [7, 11) is -4.12. The van der Waals surface area contributed by atoms with Crippen LogP contribution in [-0.2, 0) is 27.5 Å². The minimum Gasteiger partial charge on any atom is -0.358 e. The van der Waals surface area contributed by atoms with E-state index in [1.54, 1.807) is 0 Å². The minimum atomic E-state index is -4.51. The molecular formula is C30H34F4N4O3S. The summed E-state index contributed by atoms with van der Waals surface area (Å²) in [6.45, 7) is 4.75. The van der Waals surface area contributed by atoms with E-state index < -0.39 is 44.1 Å². The van der Waals surface area contributed by atoms with Crippen LogP contribution in [0.2, 0.25) is 0 Å². The molecule has 1 atom stereocenters. The van der Waals surface area contributed by atoms with E-state index in [0.29, 0.717) is 37.2 Å². The Bertz CT molecular complexity index is 1520. The van der Waals surface area contributed by atoms with Crippen LogP contribution in [0.1, 0.15) is 63.5 Å². The van der Waals surface area contributed by atoms with Gasteiger partial charge in [-0.2, -0.15) is 17.5 Å². The van der Waals surface area contributed by atoms with Crippen LogP contribution < -0.4 is 10.6 Å². The summed E-state index contributed by atoms with van der Waals surface area (Å²) >= 11 is 0. The predicted octanol–water partition coefficient (Wildman–Crippen LogP) is 5.02. The number of halogens is 4. The van der Waals surface area contributed by atoms with Crippen LogP contribution in [0.15, 0.2) is 58.4 Å². The Balaban J connectivity index is 1.19. The van der Waals surface area contributed by atoms with Crippen molar-refractivity contribution in [3.8, 4) is 0 Å². The summed E-state index contributed by atoms with van der Waals surface area (Å²) in [5.41, 5.74) is -2.32. The normalized spacial score (nSPS) is 29.5. The standard InChI is InChI=1S/C30H34F4N4O3S/c1-26(12-3-13-26)18-36-25(39)27(2)19-35-24(37-27)28-15-29(16-28,17-28)38(42(40,41)23-10-8-22(31)9-11-23)14-20-4-6-21(7-5-20)30(32,33)34/h4-11H,3,12-19H2,1-2H3,(H,35,37)(H,36,39)/t27-,28?,29?/m1/s1. The average molecular weight is 607 g/mol. The van der Waals surface area contributed by atoms with Gasteiger partial charge in [-0.25, -0.2) is 12.8 Å². The number of nitrogens with zero attached hydrogens (tertiary/aromatic N) is 2. The predicted molar refractivity (Wildman–Crippen MR) is 148 cm³/mol. The molecule has 1 aliphatic heterocycles. The van der Waals surface area contributed by atoms with Crippen LogP contribution in [0.4, 0.5) is 17.6 Å². The van der Waals surface area contributed by atoms with Gasteiger partial charge in [0, 0.05) is 24.0 Å². The first kappa shape index (κ1) is 29.1. The van der Waals surface area contributed by atoms with Crippen molar-refractivity contribution in [2.24, 2.45) is 15.8 Å². The number of hydrogen-bond donors (Lipinski definition) is 2. The number of amides is 1.